The summed E-state index contributed by atoms with van der Waals surface area (Å²) in [4.78, 5) is 13.8. The van der Waals surface area contributed by atoms with E-state index in [1.165, 1.54) is 24.2 Å². The van der Waals surface area contributed by atoms with Crippen molar-refractivity contribution in [2.75, 3.05) is 5.75 Å². The van der Waals surface area contributed by atoms with Crippen molar-refractivity contribution >= 4 is 17.5 Å². The molecule has 1 aromatic rings. The minimum Gasteiger partial charge on any atom is -0.481 e. The van der Waals surface area contributed by atoms with E-state index in [9.17, 15) is 4.79 Å². The molecule has 0 spiro atoms. The van der Waals surface area contributed by atoms with Gasteiger partial charge in [0.05, 0.1) is 0 Å². The van der Waals surface area contributed by atoms with Crippen molar-refractivity contribution in [1.29, 1.82) is 0 Å². The quantitative estimate of drug-likeness (QED) is 0.825. The number of ether oxygens (including phenoxy) is 1. The third-order valence-corrected chi connectivity index (χ3v) is 6.05. The molecular weight excluding hydrogens is 256 g/mol. The molecule has 3 heteroatoms. The van der Waals surface area contributed by atoms with Crippen LogP contribution in [0.3, 0.4) is 0 Å². The van der Waals surface area contributed by atoms with Gasteiger partial charge in [0.25, 0.3) is 0 Å². The Bertz CT molecular complexity index is 513. The van der Waals surface area contributed by atoms with Gasteiger partial charge in [0.15, 0.2) is 11.9 Å². The van der Waals surface area contributed by atoms with Crippen LogP contribution < -0.4 is 4.74 Å². The highest BCUT2D eigenvalue weighted by Crippen LogP contribution is 2.49. The van der Waals surface area contributed by atoms with E-state index < -0.39 is 0 Å². The van der Waals surface area contributed by atoms with E-state index in [0.29, 0.717) is 11.7 Å². The van der Waals surface area contributed by atoms with E-state index in [1.807, 2.05) is 18.2 Å². The summed E-state index contributed by atoms with van der Waals surface area (Å²) in [5.41, 5.74) is 0. The predicted molar refractivity (Wildman–Crippen MR) is 75.5 cm³/mol. The number of benzene rings is 1. The molecule has 4 rings (SSSR count). The maximum atomic E-state index is 12.7. The molecule has 0 radical (unpaired) electrons. The Kier molecular flexibility index (Phi) is 2.83. The van der Waals surface area contributed by atoms with Crippen molar-refractivity contribution in [3.63, 3.8) is 0 Å². The average molecular weight is 274 g/mol. The summed E-state index contributed by atoms with van der Waals surface area (Å²) >= 11 is 1.76. The highest BCUT2D eigenvalue weighted by Gasteiger charge is 2.45. The zero-order chi connectivity index (χ0) is 12.8. The van der Waals surface area contributed by atoms with Crippen molar-refractivity contribution < 1.29 is 9.53 Å². The second-order valence-electron chi connectivity index (χ2n) is 6.05. The number of hydrogen-bond acceptors (Lipinski definition) is 3. The van der Waals surface area contributed by atoms with Gasteiger partial charge in [0, 0.05) is 16.6 Å². The van der Waals surface area contributed by atoms with Crippen molar-refractivity contribution in [3.8, 4) is 5.75 Å². The third kappa shape index (κ3) is 1.99. The number of carbonyl (C=O) groups is 1. The van der Waals surface area contributed by atoms with Crippen LogP contribution in [0.15, 0.2) is 29.2 Å². The first-order chi connectivity index (χ1) is 9.31. The van der Waals surface area contributed by atoms with Gasteiger partial charge < -0.3 is 4.74 Å². The molecule has 2 saturated carbocycles. The van der Waals surface area contributed by atoms with E-state index >= 15 is 0 Å². The molecule has 0 saturated heterocycles. The number of carbonyl (C=O) groups excluding carboxylic acids is 1. The Morgan fingerprint density at radius 1 is 1.21 bits per heavy atom. The van der Waals surface area contributed by atoms with Crippen molar-refractivity contribution in [3.05, 3.63) is 24.3 Å². The molecule has 1 aromatic carbocycles. The lowest BCUT2D eigenvalue weighted by Crippen LogP contribution is -2.38. The zero-order valence-corrected chi connectivity index (χ0v) is 11.7. The second kappa shape index (κ2) is 4.55. The Balaban J connectivity index is 1.50. The number of Topliss-reactive ketones (excluding diaryl/α,β-unsaturated/α-hetero) is 1. The lowest BCUT2D eigenvalue weighted by atomic mass is 9.84. The van der Waals surface area contributed by atoms with Crippen LogP contribution >= 0.6 is 11.8 Å². The first-order valence-electron chi connectivity index (χ1n) is 7.23. The Morgan fingerprint density at radius 2 is 2.11 bits per heavy atom. The standard InChI is InChI=1S/C16H18O2S/c17-16(12-8-10-5-6-11(12)7-10)14-9-19-15-4-2-1-3-13(15)18-14/h1-4,10-12,14H,5-9H2. The topological polar surface area (TPSA) is 26.3 Å². The molecule has 0 amide bonds. The molecule has 4 unspecified atom stereocenters. The molecule has 4 atom stereocenters. The van der Waals surface area contributed by atoms with Crippen molar-refractivity contribution in [1.82, 2.24) is 0 Å². The smallest absolute Gasteiger partial charge is 0.177 e. The van der Waals surface area contributed by atoms with Crippen molar-refractivity contribution in [2.45, 2.75) is 36.7 Å². The fourth-order valence-electron chi connectivity index (χ4n) is 3.99. The highest BCUT2D eigenvalue weighted by atomic mass is 32.2. The maximum Gasteiger partial charge on any atom is 0.177 e. The summed E-state index contributed by atoms with van der Waals surface area (Å²) in [7, 11) is 0. The number of thioether (sulfide) groups is 1. The van der Waals surface area contributed by atoms with Gasteiger partial charge in [-0.1, -0.05) is 18.6 Å². The fraction of sp³-hybridized carbons (Fsp3) is 0.562. The number of para-hydroxylation sites is 1. The molecule has 2 bridgehead atoms. The average Bonchev–Trinajstić information content (AvgIpc) is 3.08. The van der Waals surface area contributed by atoms with Gasteiger partial charge in [0.1, 0.15) is 5.75 Å². The van der Waals surface area contributed by atoms with Gasteiger partial charge in [0.2, 0.25) is 0 Å². The summed E-state index contributed by atoms with van der Waals surface area (Å²) in [6.45, 7) is 0. The summed E-state index contributed by atoms with van der Waals surface area (Å²) < 4.78 is 5.94. The minimum absolute atomic E-state index is 0.218. The molecule has 100 valence electrons. The van der Waals surface area contributed by atoms with Crippen LogP contribution in [-0.4, -0.2) is 17.6 Å². The summed E-state index contributed by atoms with van der Waals surface area (Å²) in [5, 5.41) is 0. The summed E-state index contributed by atoms with van der Waals surface area (Å²) in [5.74, 6) is 3.80. The van der Waals surface area contributed by atoms with Crippen LogP contribution in [-0.2, 0) is 4.79 Å². The molecular formula is C16H18O2S. The molecule has 2 fully saturated rings. The van der Waals surface area contributed by atoms with Crippen LogP contribution in [0, 0.1) is 17.8 Å². The van der Waals surface area contributed by atoms with E-state index in [2.05, 4.69) is 6.07 Å². The molecule has 0 N–H and O–H groups in total. The van der Waals surface area contributed by atoms with E-state index in [4.69, 9.17) is 4.74 Å². The predicted octanol–water partition coefficient (Wildman–Crippen LogP) is 3.55. The van der Waals surface area contributed by atoms with Crippen LogP contribution in [0.1, 0.15) is 25.7 Å². The Morgan fingerprint density at radius 3 is 2.89 bits per heavy atom. The molecule has 1 aliphatic heterocycles. The number of fused-ring (bicyclic) bond motifs is 3. The second-order valence-corrected chi connectivity index (χ2v) is 7.11. The summed E-state index contributed by atoms with van der Waals surface area (Å²) in [6.07, 6.45) is 4.79. The molecule has 3 aliphatic rings. The van der Waals surface area contributed by atoms with Gasteiger partial charge in [-0.05, 0) is 43.2 Å². The minimum atomic E-state index is -0.218. The van der Waals surface area contributed by atoms with Crippen LogP contribution in [0.5, 0.6) is 5.75 Å². The van der Waals surface area contributed by atoms with Gasteiger partial charge in [-0.3, -0.25) is 4.79 Å². The number of hydrogen-bond donors (Lipinski definition) is 0. The Labute approximate surface area is 117 Å². The number of ketones is 1. The first-order valence-corrected chi connectivity index (χ1v) is 8.22. The number of rotatable bonds is 2. The summed E-state index contributed by atoms with van der Waals surface area (Å²) in [6, 6.07) is 8.04. The fourth-order valence-corrected chi connectivity index (χ4v) is 4.99. The third-order valence-electron chi connectivity index (χ3n) is 4.93. The van der Waals surface area contributed by atoms with Gasteiger partial charge in [-0.25, -0.2) is 0 Å². The Hall–Kier alpha value is -0.960. The lowest BCUT2D eigenvalue weighted by Gasteiger charge is -2.29. The maximum absolute atomic E-state index is 12.7. The normalized spacial score (nSPS) is 35.8. The van der Waals surface area contributed by atoms with Crippen molar-refractivity contribution in [2.24, 2.45) is 17.8 Å². The monoisotopic (exact) mass is 274 g/mol. The zero-order valence-electron chi connectivity index (χ0n) is 10.9. The van der Waals surface area contributed by atoms with Crippen LogP contribution in [0.2, 0.25) is 0 Å². The first kappa shape index (κ1) is 11.8. The van der Waals surface area contributed by atoms with Crippen LogP contribution in [0.4, 0.5) is 0 Å². The highest BCUT2D eigenvalue weighted by molar-refractivity contribution is 7.99. The van der Waals surface area contributed by atoms with Gasteiger partial charge >= 0.3 is 0 Å². The van der Waals surface area contributed by atoms with Gasteiger partial charge in [-0.2, -0.15) is 0 Å². The van der Waals surface area contributed by atoms with E-state index in [-0.39, 0.29) is 12.0 Å². The van der Waals surface area contributed by atoms with E-state index in [1.54, 1.807) is 11.8 Å². The van der Waals surface area contributed by atoms with E-state index in [0.717, 1.165) is 23.8 Å². The lowest BCUT2D eigenvalue weighted by molar-refractivity contribution is -0.130. The molecule has 1 heterocycles. The molecule has 19 heavy (non-hydrogen) atoms. The SMILES string of the molecule is O=C(C1CSc2ccccc2O1)C1CC2CCC1C2. The van der Waals surface area contributed by atoms with Crippen LogP contribution in [0.25, 0.3) is 0 Å². The molecule has 2 nitrogen and oxygen atoms in total. The molecule has 2 aliphatic carbocycles. The van der Waals surface area contributed by atoms with Gasteiger partial charge in [-0.15, -0.1) is 11.8 Å². The largest absolute Gasteiger partial charge is 0.481 e. The molecule has 0 aromatic heterocycles.